The van der Waals surface area contributed by atoms with Gasteiger partial charge in [-0.1, -0.05) is 0 Å². The lowest BCUT2D eigenvalue weighted by Gasteiger charge is -2.36. The number of ether oxygens (including phenoxy) is 2. The van der Waals surface area contributed by atoms with Crippen LogP contribution in [0.5, 0.6) is 0 Å². The lowest BCUT2D eigenvalue weighted by molar-refractivity contribution is -0.384. The van der Waals surface area contributed by atoms with Crippen molar-refractivity contribution in [3.8, 4) is 0 Å². The van der Waals surface area contributed by atoms with E-state index in [0.29, 0.717) is 32.0 Å². The Labute approximate surface area is 152 Å². The first-order chi connectivity index (χ1) is 12.3. The van der Waals surface area contributed by atoms with Crippen molar-refractivity contribution in [2.45, 2.75) is 31.0 Å². The fourth-order valence-electron chi connectivity index (χ4n) is 3.39. The number of anilines is 1. The van der Waals surface area contributed by atoms with E-state index in [9.17, 15) is 18.5 Å². The summed E-state index contributed by atoms with van der Waals surface area (Å²) in [4.78, 5) is 12.9. The van der Waals surface area contributed by atoms with E-state index in [2.05, 4.69) is 0 Å². The Morgan fingerprint density at radius 3 is 2.35 bits per heavy atom. The van der Waals surface area contributed by atoms with Crippen molar-refractivity contribution < 1.29 is 22.8 Å². The van der Waals surface area contributed by atoms with Crippen molar-refractivity contribution in [2.24, 2.45) is 0 Å². The Kier molecular flexibility index (Phi) is 5.47. The summed E-state index contributed by atoms with van der Waals surface area (Å²) in [6.07, 6.45) is -0.120. The summed E-state index contributed by atoms with van der Waals surface area (Å²) in [7, 11) is -3.78. The van der Waals surface area contributed by atoms with E-state index >= 15 is 0 Å². The maximum atomic E-state index is 12.8. The maximum absolute atomic E-state index is 12.8. The van der Waals surface area contributed by atoms with Gasteiger partial charge in [0, 0.05) is 32.2 Å². The van der Waals surface area contributed by atoms with E-state index in [4.69, 9.17) is 9.47 Å². The Morgan fingerprint density at radius 2 is 1.77 bits per heavy atom. The molecule has 144 valence electrons. The SMILES string of the molecule is C[C@@H]1CN(c2ccc(S(=O)(=O)N3CCOCC3)cc2[N+](=O)[O-])C[C@@H](C)O1. The molecule has 0 spiro atoms. The average molecular weight is 385 g/mol. The van der Waals surface area contributed by atoms with Crippen LogP contribution in [0.2, 0.25) is 0 Å². The summed E-state index contributed by atoms with van der Waals surface area (Å²) >= 11 is 0. The highest BCUT2D eigenvalue weighted by Crippen LogP contribution is 2.33. The molecule has 3 rings (SSSR count). The van der Waals surface area contributed by atoms with Crippen LogP contribution in [0.25, 0.3) is 0 Å². The van der Waals surface area contributed by atoms with E-state index in [-0.39, 0.29) is 35.9 Å². The number of hydrogen-bond donors (Lipinski definition) is 0. The van der Waals surface area contributed by atoms with Gasteiger partial charge in [0.15, 0.2) is 0 Å². The number of rotatable bonds is 4. The van der Waals surface area contributed by atoms with Crippen LogP contribution in [-0.4, -0.2) is 69.2 Å². The average Bonchev–Trinajstić information content (AvgIpc) is 2.61. The fourth-order valence-corrected chi connectivity index (χ4v) is 4.82. The molecule has 0 N–H and O–H groups in total. The Morgan fingerprint density at radius 1 is 1.15 bits per heavy atom. The molecule has 0 aliphatic carbocycles. The van der Waals surface area contributed by atoms with E-state index in [1.165, 1.54) is 16.4 Å². The Hall–Kier alpha value is -1.75. The second kappa shape index (κ2) is 7.47. The first kappa shape index (κ1) is 19.0. The molecule has 0 saturated carbocycles. The third-order valence-corrected chi connectivity index (χ3v) is 6.41. The van der Waals surface area contributed by atoms with Crippen LogP contribution in [0.15, 0.2) is 23.1 Å². The molecule has 0 radical (unpaired) electrons. The zero-order valence-electron chi connectivity index (χ0n) is 14.8. The summed E-state index contributed by atoms with van der Waals surface area (Å²) in [6, 6.07) is 4.12. The van der Waals surface area contributed by atoms with Crippen LogP contribution in [0.1, 0.15) is 13.8 Å². The highest BCUT2D eigenvalue weighted by atomic mass is 32.2. The zero-order valence-corrected chi connectivity index (χ0v) is 15.6. The standard InChI is InChI=1S/C16H23N3O6S/c1-12-10-17(11-13(2)25-12)15-4-3-14(9-16(15)19(20)21)26(22,23)18-5-7-24-8-6-18/h3-4,9,12-13H,5-8,10-11H2,1-2H3/t12-,13-/m1/s1. The third-order valence-electron chi connectivity index (χ3n) is 4.51. The van der Waals surface area contributed by atoms with Gasteiger partial charge in [-0.25, -0.2) is 8.42 Å². The normalized spacial score (nSPS) is 25.2. The Bertz CT molecular complexity index is 768. The highest BCUT2D eigenvalue weighted by Gasteiger charge is 2.31. The number of nitrogens with zero attached hydrogens (tertiary/aromatic N) is 3. The molecule has 0 amide bonds. The van der Waals surface area contributed by atoms with Crippen LogP contribution in [0, 0.1) is 10.1 Å². The second-order valence-electron chi connectivity index (χ2n) is 6.59. The van der Waals surface area contributed by atoms with Gasteiger partial charge in [0.05, 0.1) is 35.2 Å². The van der Waals surface area contributed by atoms with Gasteiger partial charge in [0.2, 0.25) is 10.0 Å². The Balaban J connectivity index is 1.95. The monoisotopic (exact) mass is 385 g/mol. The predicted octanol–water partition coefficient (Wildman–Crippen LogP) is 1.23. The second-order valence-corrected chi connectivity index (χ2v) is 8.52. The molecule has 0 unspecified atom stereocenters. The van der Waals surface area contributed by atoms with Gasteiger partial charge >= 0.3 is 0 Å². The van der Waals surface area contributed by atoms with Crippen molar-refractivity contribution >= 4 is 21.4 Å². The summed E-state index contributed by atoms with van der Waals surface area (Å²) < 4.78 is 37.7. The van der Waals surface area contributed by atoms with Crippen molar-refractivity contribution in [3.63, 3.8) is 0 Å². The molecule has 2 fully saturated rings. The molecule has 2 saturated heterocycles. The molecule has 10 heteroatoms. The van der Waals surface area contributed by atoms with Gasteiger partial charge in [0.1, 0.15) is 5.69 Å². The molecule has 2 aliphatic rings. The molecule has 2 aliphatic heterocycles. The molecular weight excluding hydrogens is 362 g/mol. The quantitative estimate of drug-likeness (QED) is 0.567. The number of nitro groups is 1. The van der Waals surface area contributed by atoms with Crippen LogP contribution in [0.4, 0.5) is 11.4 Å². The molecule has 1 aromatic rings. The van der Waals surface area contributed by atoms with Crippen LogP contribution in [0.3, 0.4) is 0 Å². The van der Waals surface area contributed by atoms with E-state index in [1.54, 1.807) is 0 Å². The molecule has 26 heavy (non-hydrogen) atoms. The largest absolute Gasteiger partial charge is 0.379 e. The lowest BCUT2D eigenvalue weighted by Crippen LogP contribution is -2.45. The number of morpholine rings is 2. The van der Waals surface area contributed by atoms with Crippen LogP contribution >= 0.6 is 0 Å². The topological polar surface area (TPSA) is 102 Å². The smallest absolute Gasteiger partial charge is 0.293 e. The van der Waals surface area contributed by atoms with E-state index in [0.717, 1.165) is 6.07 Å². The van der Waals surface area contributed by atoms with Gasteiger partial charge in [-0.15, -0.1) is 0 Å². The number of sulfonamides is 1. The molecular formula is C16H23N3O6S. The summed E-state index contributed by atoms with van der Waals surface area (Å²) in [6.45, 7) is 5.98. The minimum atomic E-state index is -3.78. The summed E-state index contributed by atoms with van der Waals surface area (Å²) in [5, 5.41) is 11.6. The maximum Gasteiger partial charge on any atom is 0.293 e. The van der Waals surface area contributed by atoms with Crippen molar-refractivity contribution in [3.05, 3.63) is 28.3 Å². The van der Waals surface area contributed by atoms with Crippen molar-refractivity contribution in [1.29, 1.82) is 0 Å². The van der Waals surface area contributed by atoms with Gasteiger partial charge in [0.25, 0.3) is 5.69 Å². The van der Waals surface area contributed by atoms with Crippen molar-refractivity contribution in [1.82, 2.24) is 4.31 Å². The lowest BCUT2D eigenvalue weighted by atomic mass is 10.2. The van der Waals surface area contributed by atoms with Gasteiger partial charge < -0.3 is 14.4 Å². The molecule has 0 bridgehead atoms. The molecule has 2 atom stereocenters. The minimum absolute atomic E-state index is 0.0601. The van der Waals surface area contributed by atoms with Crippen LogP contribution < -0.4 is 4.90 Å². The number of benzene rings is 1. The zero-order chi connectivity index (χ0) is 18.9. The first-order valence-electron chi connectivity index (χ1n) is 8.56. The van der Waals surface area contributed by atoms with Gasteiger partial charge in [-0.3, -0.25) is 10.1 Å². The third kappa shape index (κ3) is 3.83. The summed E-state index contributed by atoms with van der Waals surface area (Å²) in [5.74, 6) is 0. The fraction of sp³-hybridized carbons (Fsp3) is 0.625. The van der Waals surface area contributed by atoms with Crippen molar-refractivity contribution in [2.75, 3.05) is 44.3 Å². The number of nitro benzene ring substituents is 1. The van der Waals surface area contributed by atoms with E-state index < -0.39 is 14.9 Å². The summed E-state index contributed by atoms with van der Waals surface area (Å²) in [5.41, 5.74) is 0.207. The molecule has 2 heterocycles. The molecule has 0 aromatic heterocycles. The van der Waals surface area contributed by atoms with Crippen LogP contribution in [-0.2, 0) is 19.5 Å². The molecule has 1 aromatic carbocycles. The predicted molar refractivity (Wildman–Crippen MR) is 94.9 cm³/mol. The molecule has 9 nitrogen and oxygen atoms in total. The number of hydrogen-bond acceptors (Lipinski definition) is 7. The van der Waals surface area contributed by atoms with Gasteiger partial charge in [-0.05, 0) is 26.0 Å². The van der Waals surface area contributed by atoms with E-state index in [1.807, 2.05) is 18.7 Å². The first-order valence-corrected chi connectivity index (χ1v) is 10.00. The minimum Gasteiger partial charge on any atom is -0.379 e. The highest BCUT2D eigenvalue weighted by molar-refractivity contribution is 7.89. The van der Waals surface area contributed by atoms with Gasteiger partial charge in [-0.2, -0.15) is 4.31 Å².